The molecule has 1 aromatic heterocycles. The molecule has 2 aromatic rings. The number of allylic oxidation sites excluding steroid dienone is 6. The number of ketones is 1. The number of nitrogens with one attached hydrogen (secondary N) is 1. The van der Waals surface area contributed by atoms with Gasteiger partial charge in [0.15, 0.2) is 0 Å². The Hall–Kier alpha value is -2.73. The van der Waals surface area contributed by atoms with Crippen LogP contribution in [0.15, 0.2) is 59.8 Å². The van der Waals surface area contributed by atoms with Gasteiger partial charge in [0.2, 0.25) is 10.9 Å². The van der Waals surface area contributed by atoms with Crippen LogP contribution in [0.2, 0.25) is 0 Å². The van der Waals surface area contributed by atoms with Gasteiger partial charge in [-0.1, -0.05) is 41.7 Å². The molecule has 0 fully saturated rings. The van der Waals surface area contributed by atoms with Crippen molar-refractivity contribution in [1.82, 2.24) is 4.98 Å². The van der Waals surface area contributed by atoms with E-state index < -0.39 is 0 Å². The van der Waals surface area contributed by atoms with Crippen molar-refractivity contribution in [2.45, 2.75) is 0 Å². The summed E-state index contributed by atoms with van der Waals surface area (Å²) in [6.07, 6.45) is 11.5. The van der Waals surface area contributed by atoms with Crippen LogP contribution in [0.3, 0.4) is 0 Å². The minimum absolute atomic E-state index is 0.0190. The van der Waals surface area contributed by atoms with E-state index in [1.807, 2.05) is 42.5 Å². The highest BCUT2D eigenvalue weighted by molar-refractivity contribution is 7.22. The lowest BCUT2D eigenvalue weighted by Gasteiger charge is -2.24. The molecule has 6 heteroatoms. The molecular formula is C18H15N3O2S. The Kier molecular flexibility index (Phi) is 3.74. The van der Waals surface area contributed by atoms with Crippen molar-refractivity contribution < 1.29 is 9.53 Å². The number of rotatable bonds is 3. The fourth-order valence-corrected chi connectivity index (χ4v) is 3.68. The number of methoxy groups -OCH3 is 1. The Bertz CT molecular complexity index is 923. The summed E-state index contributed by atoms with van der Waals surface area (Å²) in [5.41, 5.74) is 4.33. The number of thiazole rings is 1. The molecule has 1 aromatic carbocycles. The van der Waals surface area contributed by atoms with Crippen LogP contribution < -0.4 is 10.2 Å². The maximum atomic E-state index is 12.2. The van der Waals surface area contributed by atoms with Crippen molar-refractivity contribution in [3.8, 4) is 5.75 Å². The summed E-state index contributed by atoms with van der Waals surface area (Å²) in [6.45, 7) is 0. The number of benzene rings is 1. The van der Waals surface area contributed by atoms with Gasteiger partial charge in [0.05, 0.1) is 17.3 Å². The lowest BCUT2D eigenvalue weighted by atomic mass is 9.79. The Morgan fingerprint density at radius 2 is 2.12 bits per heavy atom. The van der Waals surface area contributed by atoms with Crippen molar-refractivity contribution in [1.29, 1.82) is 0 Å². The molecule has 0 unspecified atom stereocenters. The molecule has 4 rings (SSSR count). The molecule has 0 aliphatic heterocycles. The van der Waals surface area contributed by atoms with E-state index in [-0.39, 0.29) is 17.6 Å². The number of fused-ring (bicyclic) bond motifs is 2. The van der Waals surface area contributed by atoms with E-state index in [0.29, 0.717) is 10.8 Å². The van der Waals surface area contributed by atoms with Crippen molar-refractivity contribution in [2.75, 3.05) is 12.5 Å². The van der Waals surface area contributed by atoms with Gasteiger partial charge in [-0.3, -0.25) is 10.2 Å². The summed E-state index contributed by atoms with van der Waals surface area (Å²) in [5.74, 6) is 0.896. The first-order valence-electron chi connectivity index (χ1n) is 7.60. The third kappa shape index (κ3) is 2.65. The minimum Gasteiger partial charge on any atom is -0.497 e. The van der Waals surface area contributed by atoms with Crippen LogP contribution in [-0.4, -0.2) is 23.6 Å². The maximum absolute atomic E-state index is 12.2. The van der Waals surface area contributed by atoms with Crippen molar-refractivity contribution in [3.05, 3.63) is 54.7 Å². The molecule has 5 nitrogen and oxygen atoms in total. The highest BCUT2D eigenvalue weighted by Gasteiger charge is 2.29. The second-order valence-corrected chi connectivity index (χ2v) is 6.59. The van der Waals surface area contributed by atoms with Gasteiger partial charge in [0.1, 0.15) is 11.5 Å². The SMILES string of the molecule is COc1ccc2nc(N/N=C3/C(=O)C=C[C@@H]4C=CC=C[C@@H]34)sc2c1. The van der Waals surface area contributed by atoms with Gasteiger partial charge < -0.3 is 4.74 Å². The predicted octanol–water partition coefficient (Wildman–Crippen LogP) is 3.57. The highest BCUT2D eigenvalue weighted by atomic mass is 32.1. The Labute approximate surface area is 143 Å². The fraction of sp³-hybridized carbons (Fsp3) is 0.167. The van der Waals surface area contributed by atoms with Crippen molar-refractivity contribution >= 4 is 38.2 Å². The number of hydrogen-bond acceptors (Lipinski definition) is 6. The Balaban J connectivity index is 1.62. The third-order valence-electron chi connectivity index (χ3n) is 4.08. The number of aromatic nitrogens is 1. The molecular weight excluding hydrogens is 322 g/mol. The summed E-state index contributed by atoms with van der Waals surface area (Å²) < 4.78 is 6.23. The number of carbonyl (C=O) groups excluding carboxylic acids is 1. The number of anilines is 1. The van der Waals surface area contributed by atoms with E-state index in [1.165, 1.54) is 11.3 Å². The number of nitrogens with zero attached hydrogens (tertiary/aromatic N) is 2. The second kappa shape index (κ2) is 6.05. The summed E-state index contributed by atoms with van der Waals surface area (Å²) >= 11 is 1.48. The van der Waals surface area contributed by atoms with Gasteiger partial charge in [0, 0.05) is 11.8 Å². The molecule has 0 bridgehead atoms. The molecule has 0 saturated carbocycles. The lowest BCUT2D eigenvalue weighted by molar-refractivity contribution is -0.109. The van der Waals surface area contributed by atoms with Crippen molar-refractivity contribution in [3.63, 3.8) is 0 Å². The molecule has 0 spiro atoms. The molecule has 0 amide bonds. The summed E-state index contributed by atoms with van der Waals surface area (Å²) in [4.78, 5) is 16.7. The monoisotopic (exact) mass is 337 g/mol. The Morgan fingerprint density at radius 1 is 1.25 bits per heavy atom. The minimum atomic E-state index is -0.0634. The third-order valence-corrected chi connectivity index (χ3v) is 5.01. The number of carbonyl (C=O) groups is 1. The normalized spacial score (nSPS) is 23.7. The first kappa shape index (κ1) is 14.8. The molecule has 120 valence electrons. The largest absolute Gasteiger partial charge is 0.497 e. The lowest BCUT2D eigenvalue weighted by Crippen LogP contribution is -2.31. The molecule has 1 heterocycles. The first-order chi connectivity index (χ1) is 11.7. The molecule has 0 radical (unpaired) electrons. The van der Waals surface area contributed by atoms with E-state index in [2.05, 4.69) is 21.6 Å². The van der Waals surface area contributed by atoms with Crippen molar-refractivity contribution in [2.24, 2.45) is 16.9 Å². The highest BCUT2D eigenvalue weighted by Crippen LogP contribution is 2.30. The van der Waals surface area contributed by atoms with Crippen LogP contribution in [0, 0.1) is 11.8 Å². The molecule has 2 atom stereocenters. The van der Waals surface area contributed by atoms with E-state index >= 15 is 0 Å². The van der Waals surface area contributed by atoms with Gasteiger partial charge in [0.25, 0.3) is 0 Å². The zero-order valence-corrected chi connectivity index (χ0v) is 13.8. The molecule has 0 saturated heterocycles. The van der Waals surface area contributed by atoms with Gasteiger partial charge in [-0.05, 0) is 24.3 Å². The second-order valence-electron chi connectivity index (χ2n) is 5.56. The summed E-state index contributed by atoms with van der Waals surface area (Å²) in [6, 6.07) is 5.71. The topological polar surface area (TPSA) is 63.6 Å². The molecule has 1 N–H and O–H groups in total. The maximum Gasteiger partial charge on any atom is 0.204 e. The molecule has 2 aliphatic rings. The van der Waals surface area contributed by atoms with E-state index in [4.69, 9.17) is 4.74 Å². The van der Waals surface area contributed by atoms with Crippen LogP contribution in [0.4, 0.5) is 5.13 Å². The average molecular weight is 337 g/mol. The number of ether oxygens (including phenoxy) is 1. The summed E-state index contributed by atoms with van der Waals surface area (Å²) in [5, 5.41) is 5.01. The smallest absolute Gasteiger partial charge is 0.204 e. The van der Waals surface area contributed by atoms with Crippen LogP contribution in [0.25, 0.3) is 10.2 Å². The van der Waals surface area contributed by atoms with Crippen LogP contribution >= 0.6 is 11.3 Å². The molecule has 2 aliphatic carbocycles. The Morgan fingerprint density at radius 3 is 3.00 bits per heavy atom. The average Bonchev–Trinajstić information content (AvgIpc) is 3.02. The molecule has 24 heavy (non-hydrogen) atoms. The van der Waals surface area contributed by atoms with Gasteiger partial charge in [-0.2, -0.15) is 5.10 Å². The van der Waals surface area contributed by atoms with E-state index in [0.717, 1.165) is 16.0 Å². The van der Waals surface area contributed by atoms with Gasteiger partial charge in [-0.25, -0.2) is 4.98 Å². The van der Waals surface area contributed by atoms with Crippen LogP contribution in [0.5, 0.6) is 5.75 Å². The zero-order valence-electron chi connectivity index (χ0n) is 13.0. The standard InChI is InChI=1S/C18H15N3O2S/c1-23-12-7-8-14-16(10-12)24-18(19-14)21-20-17-13-5-3-2-4-11(13)6-9-15(17)22/h2-11,13H,1H3,(H,19,21)/b20-17+/t11-,13+/m0/s1. The van der Waals surface area contributed by atoms with Crippen LogP contribution in [-0.2, 0) is 4.79 Å². The predicted molar refractivity (Wildman–Crippen MR) is 96.6 cm³/mol. The van der Waals surface area contributed by atoms with E-state index in [1.54, 1.807) is 13.2 Å². The van der Waals surface area contributed by atoms with Gasteiger partial charge in [-0.15, -0.1) is 0 Å². The fourth-order valence-electron chi connectivity index (χ4n) is 2.85. The summed E-state index contributed by atoms with van der Waals surface area (Å²) in [7, 11) is 1.64. The quantitative estimate of drug-likeness (QED) is 0.870. The zero-order chi connectivity index (χ0) is 16.5. The first-order valence-corrected chi connectivity index (χ1v) is 8.42. The van der Waals surface area contributed by atoms with E-state index in [9.17, 15) is 4.79 Å². The van der Waals surface area contributed by atoms with Crippen LogP contribution in [0.1, 0.15) is 0 Å². The number of hydrogen-bond donors (Lipinski definition) is 1. The van der Waals surface area contributed by atoms with Gasteiger partial charge >= 0.3 is 0 Å². The number of hydrazone groups is 1.